The molecule has 5 rings (SSSR count). The molecule has 0 bridgehead atoms. The van der Waals surface area contributed by atoms with Crippen LogP contribution in [-0.2, 0) is 10.2 Å². The van der Waals surface area contributed by atoms with Crippen LogP contribution in [0.1, 0.15) is 60.2 Å². The van der Waals surface area contributed by atoms with Crippen LogP contribution in [0, 0.1) is 12.8 Å². The number of thiazole rings is 1. The molecule has 0 aliphatic heterocycles. The van der Waals surface area contributed by atoms with E-state index >= 15 is 0 Å². The number of carbonyl (C=O) groups is 2. The van der Waals surface area contributed by atoms with Gasteiger partial charge in [0, 0.05) is 11.5 Å². The number of aromatic nitrogens is 1. The topological polar surface area (TPSA) is 71.1 Å². The van der Waals surface area contributed by atoms with Gasteiger partial charge in [-0.1, -0.05) is 80.1 Å². The summed E-state index contributed by atoms with van der Waals surface area (Å²) in [6.45, 7) is 8.49. The second-order valence-electron chi connectivity index (χ2n) is 10.4. The maximum Gasteiger partial charge on any atom is 0.255 e. The molecule has 184 valence electrons. The molecule has 1 fully saturated rings. The van der Waals surface area contributed by atoms with Crippen molar-refractivity contribution in [1.29, 1.82) is 0 Å². The number of aryl methyl sites for hydroxylation is 1. The molecule has 0 radical (unpaired) electrons. The number of nitrogens with one attached hydrogen (secondary N) is 2. The zero-order valence-corrected chi connectivity index (χ0v) is 22.3. The first-order valence-electron chi connectivity index (χ1n) is 12.0. The molecule has 2 N–H and O–H groups in total. The Morgan fingerprint density at radius 2 is 1.78 bits per heavy atom. The maximum atomic E-state index is 12.9. The zero-order chi connectivity index (χ0) is 25.6. The summed E-state index contributed by atoms with van der Waals surface area (Å²) in [7, 11) is 0. The Balaban J connectivity index is 1.25. The van der Waals surface area contributed by atoms with Crippen molar-refractivity contribution in [3.8, 4) is 0 Å². The van der Waals surface area contributed by atoms with Crippen LogP contribution >= 0.6 is 22.9 Å². The minimum absolute atomic E-state index is 0.00823. The van der Waals surface area contributed by atoms with Crippen LogP contribution in [0.15, 0.2) is 60.7 Å². The van der Waals surface area contributed by atoms with Crippen LogP contribution in [-0.4, -0.2) is 16.8 Å². The number of rotatable bonds is 5. The van der Waals surface area contributed by atoms with E-state index in [1.54, 1.807) is 24.3 Å². The van der Waals surface area contributed by atoms with E-state index < -0.39 is 0 Å². The third-order valence-electron chi connectivity index (χ3n) is 6.67. The van der Waals surface area contributed by atoms with Crippen molar-refractivity contribution in [1.82, 2.24) is 4.98 Å². The molecule has 0 saturated heterocycles. The van der Waals surface area contributed by atoms with Crippen LogP contribution in [0.3, 0.4) is 0 Å². The molecule has 1 aromatic heterocycles. The van der Waals surface area contributed by atoms with Gasteiger partial charge >= 0.3 is 0 Å². The number of para-hydroxylation sites is 1. The maximum absolute atomic E-state index is 12.9. The molecule has 1 heterocycles. The molecule has 1 aliphatic carbocycles. The van der Waals surface area contributed by atoms with Gasteiger partial charge in [-0.25, -0.2) is 4.98 Å². The molecule has 1 aliphatic rings. The minimum atomic E-state index is -0.245. The highest BCUT2D eigenvalue weighted by atomic mass is 35.5. The standard InChI is InChI=1S/C29H28ClN3O2S/c1-16-6-5-7-22(30)25(16)32-26(34)18-10-13-23-24(14-18)36-28(31-23)33-27(35)21-15-20(21)17-8-11-19(12-9-17)29(2,3)4/h5-14,20-21H,15H2,1-4H3,(H,32,34)(H,31,33,35)/t20-,21?/m0/s1. The molecule has 3 aromatic carbocycles. The largest absolute Gasteiger partial charge is 0.320 e. The normalized spacial score (nSPS) is 17.1. The van der Waals surface area contributed by atoms with E-state index in [2.05, 4.69) is 60.7 Å². The van der Waals surface area contributed by atoms with Crippen molar-refractivity contribution in [2.45, 2.75) is 45.4 Å². The fraction of sp³-hybridized carbons (Fsp3) is 0.276. The van der Waals surface area contributed by atoms with Gasteiger partial charge in [0.25, 0.3) is 5.91 Å². The van der Waals surface area contributed by atoms with Crippen molar-refractivity contribution in [2.75, 3.05) is 10.6 Å². The lowest BCUT2D eigenvalue weighted by Crippen LogP contribution is -2.14. The van der Waals surface area contributed by atoms with E-state index in [4.69, 9.17) is 11.6 Å². The summed E-state index contributed by atoms with van der Waals surface area (Å²) in [5.74, 6) is -0.0498. The van der Waals surface area contributed by atoms with E-state index in [0.717, 1.165) is 22.2 Å². The summed E-state index contributed by atoms with van der Waals surface area (Å²) in [4.78, 5) is 30.3. The minimum Gasteiger partial charge on any atom is -0.320 e. The number of hydrogen-bond acceptors (Lipinski definition) is 4. The molecule has 1 unspecified atom stereocenters. The van der Waals surface area contributed by atoms with Crippen molar-refractivity contribution in [3.63, 3.8) is 0 Å². The molecule has 1 saturated carbocycles. The monoisotopic (exact) mass is 517 g/mol. The van der Waals surface area contributed by atoms with E-state index in [1.165, 1.54) is 22.5 Å². The number of fused-ring (bicyclic) bond motifs is 1. The first-order valence-corrected chi connectivity index (χ1v) is 13.2. The lowest BCUT2D eigenvalue weighted by molar-refractivity contribution is -0.117. The Labute approximate surface area is 219 Å². The van der Waals surface area contributed by atoms with Crippen molar-refractivity contribution < 1.29 is 9.59 Å². The Bertz CT molecular complexity index is 1450. The summed E-state index contributed by atoms with van der Waals surface area (Å²) in [6, 6.07) is 19.4. The average Bonchev–Trinajstić information content (AvgIpc) is 3.54. The van der Waals surface area contributed by atoms with Gasteiger partial charge in [0.1, 0.15) is 0 Å². The lowest BCUT2D eigenvalue weighted by atomic mass is 9.86. The molecule has 0 spiro atoms. The second-order valence-corrected chi connectivity index (χ2v) is 11.8. The van der Waals surface area contributed by atoms with Crippen LogP contribution in [0.2, 0.25) is 5.02 Å². The van der Waals surface area contributed by atoms with Crippen molar-refractivity contribution in [3.05, 3.63) is 87.9 Å². The summed E-state index contributed by atoms with van der Waals surface area (Å²) in [5.41, 5.74) is 5.35. The first kappa shape index (κ1) is 24.5. The molecule has 36 heavy (non-hydrogen) atoms. The van der Waals surface area contributed by atoms with E-state index in [-0.39, 0.29) is 29.1 Å². The summed E-state index contributed by atoms with van der Waals surface area (Å²) in [5, 5.41) is 6.92. The number of benzene rings is 3. The predicted octanol–water partition coefficient (Wildman–Crippen LogP) is 7.55. The van der Waals surface area contributed by atoms with E-state index in [1.807, 2.05) is 19.1 Å². The summed E-state index contributed by atoms with van der Waals surface area (Å²) >= 11 is 7.62. The van der Waals surface area contributed by atoms with E-state index in [9.17, 15) is 9.59 Å². The number of amides is 2. The smallest absolute Gasteiger partial charge is 0.255 e. The van der Waals surface area contributed by atoms with Crippen LogP contribution in [0.25, 0.3) is 10.2 Å². The van der Waals surface area contributed by atoms with Gasteiger partial charge in [0.2, 0.25) is 5.91 Å². The number of halogens is 1. The molecule has 2 amide bonds. The third kappa shape index (κ3) is 5.01. The molecule has 5 nitrogen and oxygen atoms in total. The molecule has 4 aromatic rings. The second kappa shape index (κ2) is 9.34. The summed E-state index contributed by atoms with van der Waals surface area (Å²) < 4.78 is 0.832. The molecule has 7 heteroatoms. The highest BCUT2D eigenvalue weighted by Crippen LogP contribution is 2.48. The number of carbonyl (C=O) groups excluding carboxylic acids is 2. The predicted molar refractivity (Wildman–Crippen MR) is 148 cm³/mol. The van der Waals surface area contributed by atoms with Gasteiger partial charge < -0.3 is 10.6 Å². The van der Waals surface area contributed by atoms with Gasteiger partial charge in [0.15, 0.2) is 5.13 Å². The Kier molecular flexibility index (Phi) is 6.35. The van der Waals surface area contributed by atoms with Crippen molar-refractivity contribution >= 4 is 55.8 Å². The Morgan fingerprint density at radius 1 is 1.03 bits per heavy atom. The number of hydrogen-bond donors (Lipinski definition) is 2. The Morgan fingerprint density at radius 3 is 2.47 bits per heavy atom. The molecule has 2 atom stereocenters. The SMILES string of the molecule is Cc1cccc(Cl)c1NC(=O)c1ccc2nc(NC(=O)C3C[C@H]3c3ccc(C(C)(C)C)cc3)sc2c1. The lowest BCUT2D eigenvalue weighted by Gasteiger charge is -2.19. The van der Waals surface area contributed by atoms with Crippen LogP contribution < -0.4 is 10.6 Å². The van der Waals surface area contributed by atoms with Gasteiger partial charge in [-0.3, -0.25) is 9.59 Å². The first-order chi connectivity index (χ1) is 17.1. The van der Waals surface area contributed by atoms with Crippen molar-refractivity contribution in [2.24, 2.45) is 5.92 Å². The van der Waals surface area contributed by atoms with E-state index in [0.29, 0.717) is 21.4 Å². The zero-order valence-electron chi connectivity index (χ0n) is 20.7. The van der Waals surface area contributed by atoms with Gasteiger partial charge in [-0.15, -0.1) is 0 Å². The quantitative estimate of drug-likeness (QED) is 0.287. The van der Waals surface area contributed by atoms with Crippen LogP contribution in [0.4, 0.5) is 10.8 Å². The van der Waals surface area contributed by atoms with Gasteiger partial charge in [-0.05, 0) is 65.6 Å². The average molecular weight is 518 g/mol. The highest BCUT2D eigenvalue weighted by Gasteiger charge is 2.44. The number of nitrogens with zero attached hydrogens (tertiary/aromatic N) is 1. The van der Waals surface area contributed by atoms with Gasteiger partial charge in [0.05, 0.1) is 20.9 Å². The Hall–Kier alpha value is -3.22. The fourth-order valence-electron chi connectivity index (χ4n) is 4.38. The van der Waals surface area contributed by atoms with Crippen LogP contribution in [0.5, 0.6) is 0 Å². The fourth-order valence-corrected chi connectivity index (χ4v) is 5.55. The third-order valence-corrected chi connectivity index (χ3v) is 7.92. The molecular formula is C29H28ClN3O2S. The van der Waals surface area contributed by atoms with Gasteiger partial charge in [-0.2, -0.15) is 0 Å². The number of anilines is 2. The highest BCUT2D eigenvalue weighted by molar-refractivity contribution is 7.22. The summed E-state index contributed by atoms with van der Waals surface area (Å²) in [6.07, 6.45) is 0.845. The molecular weight excluding hydrogens is 490 g/mol.